The Morgan fingerprint density at radius 3 is 2.45 bits per heavy atom. The first kappa shape index (κ1) is 15.8. The average Bonchev–Trinajstić information content (AvgIpc) is 2.39. The summed E-state index contributed by atoms with van der Waals surface area (Å²) in [6, 6.07) is 9.12. The fourth-order valence-corrected chi connectivity index (χ4v) is 1.90. The Balaban J connectivity index is 3.46. The third-order valence-electron chi connectivity index (χ3n) is 2.82. The number of carbonyl (C=O) groups excluding carboxylic acids is 1. The molecule has 0 aliphatic rings. The molecule has 0 aromatic heterocycles. The molecule has 4 nitrogen and oxygen atoms in total. The molecule has 106 valence electrons. The summed E-state index contributed by atoms with van der Waals surface area (Å²) in [6.45, 7) is 7.79. The summed E-state index contributed by atoms with van der Waals surface area (Å²) in [7, 11) is 0. The summed E-state index contributed by atoms with van der Waals surface area (Å²) in [5.41, 5.74) is 1.16. The number of carbonyl (C=O) groups is 1. The van der Waals surface area contributed by atoms with E-state index in [0.29, 0.717) is 5.56 Å². The third kappa shape index (κ3) is 3.39. The van der Waals surface area contributed by atoms with Crippen molar-refractivity contribution in [3.8, 4) is 6.07 Å². The predicted molar refractivity (Wildman–Crippen MR) is 76.9 cm³/mol. The maximum atomic E-state index is 11.6. The second-order valence-electron chi connectivity index (χ2n) is 5.35. The van der Waals surface area contributed by atoms with E-state index in [4.69, 9.17) is 4.74 Å². The molecule has 0 bridgehead atoms. The lowest BCUT2D eigenvalue weighted by Gasteiger charge is -2.22. The molecular formula is C16H19NO3. The van der Waals surface area contributed by atoms with Crippen LogP contribution in [0.25, 0.3) is 5.57 Å². The number of aliphatic hydroxyl groups is 1. The quantitative estimate of drug-likeness (QED) is 0.397. The molecule has 0 amide bonds. The zero-order valence-corrected chi connectivity index (χ0v) is 12.2. The predicted octanol–water partition coefficient (Wildman–Crippen LogP) is 3.34. The van der Waals surface area contributed by atoms with E-state index in [9.17, 15) is 15.2 Å². The standard InChI is InChI=1S/C16H19NO3/c1-5-20-15(19)14(18)12(10-17)11-8-6-7-9-13(11)16(2,3)4/h6-9,18H,5H2,1-4H3. The molecule has 0 saturated heterocycles. The molecule has 0 aliphatic carbocycles. The fourth-order valence-electron chi connectivity index (χ4n) is 1.90. The minimum atomic E-state index is -0.882. The van der Waals surface area contributed by atoms with Crippen molar-refractivity contribution >= 4 is 11.5 Å². The van der Waals surface area contributed by atoms with Gasteiger partial charge in [-0.2, -0.15) is 5.26 Å². The smallest absolute Gasteiger partial charge is 0.374 e. The van der Waals surface area contributed by atoms with Crippen LogP contribution in [0.5, 0.6) is 0 Å². The molecule has 0 saturated carbocycles. The first-order valence-corrected chi connectivity index (χ1v) is 6.43. The van der Waals surface area contributed by atoms with Gasteiger partial charge in [0.1, 0.15) is 11.6 Å². The van der Waals surface area contributed by atoms with Gasteiger partial charge in [-0.25, -0.2) is 4.79 Å². The van der Waals surface area contributed by atoms with Crippen LogP contribution in [0.15, 0.2) is 30.0 Å². The molecule has 0 atom stereocenters. The molecule has 1 aromatic rings. The number of nitriles is 1. The Labute approximate surface area is 119 Å². The highest BCUT2D eigenvalue weighted by Gasteiger charge is 2.24. The van der Waals surface area contributed by atoms with Crippen LogP contribution in [0.4, 0.5) is 0 Å². The maximum Gasteiger partial charge on any atom is 0.374 e. The van der Waals surface area contributed by atoms with Crippen LogP contribution in [0.3, 0.4) is 0 Å². The van der Waals surface area contributed by atoms with E-state index in [1.807, 2.05) is 39.0 Å². The highest BCUT2D eigenvalue weighted by Crippen LogP contribution is 2.31. The highest BCUT2D eigenvalue weighted by molar-refractivity contribution is 5.99. The molecule has 20 heavy (non-hydrogen) atoms. The first-order chi connectivity index (χ1) is 9.32. The lowest BCUT2D eigenvalue weighted by Crippen LogP contribution is -2.15. The van der Waals surface area contributed by atoms with Gasteiger partial charge in [-0.1, -0.05) is 45.0 Å². The average molecular weight is 273 g/mol. The van der Waals surface area contributed by atoms with E-state index in [-0.39, 0.29) is 17.6 Å². The van der Waals surface area contributed by atoms with Crippen molar-refractivity contribution in [1.29, 1.82) is 5.26 Å². The molecule has 0 radical (unpaired) electrons. The van der Waals surface area contributed by atoms with E-state index in [2.05, 4.69) is 0 Å². The molecule has 1 N–H and O–H groups in total. The van der Waals surface area contributed by atoms with E-state index in [0.717, 1.165) is 5.56 Å². The molecule has 0 spiro atoms. The summed E-state index contributed by atoms with van der Waals surface area (Å²) < 4.78 is 4.74. The number of hydrogen-bond donors (Lipinski definition) is 1. The van der Waals surface area contributed by atoms with Gasteiger partial charge in [0.05, 0.1) is 6.61 Å². The van der Waals surface area contributed by atoms with Crippen molar-refractivity contribution < 1.29 is 14.6 Å². The third-order valence-corrected chi connectivity index (χ3v) is 2.82. The number of hydrogen-bond acceptors (Lipinski definition) is 4. The summed E-state index contributed by atoms with van der Waals surface area (Å²) >= 11 is 0. The minimum absolute atomic E-state index is 0.0611. The molecule has 0 aliphatic heterocycles. The summed E-state index contributed by atoms with van der Waals surface area (Å²) in [4.78, 5) is 11.6. The summed E-state index contributed by atoms with van der Waals surface area (Å²) in [5, 5.41) is 19.2. The lowest BCUT2D eigenvalue weighted by atomic mass is 9.81. The monoisotopic (exact) mass is 273 g/mol. The van der Waals surface area contributed by atoms with Gasteiger partial charge in [0, 0.05) is 0 Å². The zero-order valence-electron chi connectivity index (χ0n) is 12.2. The minimum Gasteiger partial charge on any atom is -0.501 e. The molecule has 4 heteroatoms. The van der Waals surface area contributed by atoms with Gasteiger partial charge in [0.2, 0.25) is 5.76 Å². The Kier molecular flexibility index (Phi) is 4.93. The van der Waals surface area contributed by atoms with Crippen LogP contribution in [-0.4, -0.2) is 17.7 Å². The van der Waals surface area contributed by atoms with Crippen LogP contribution < -0.4 is 0 Å². The summed E-state index contributed by atoms with van der Waals surface area (Å²) in [5.74, 6) is -1.53. The van der Waals surface area contributed by atoms with Gasteiger partial charge in [0.25, 0.3) is 0 Å². The van der Waals surface area contributed by atoms with Gasteiger partial charge in [-0.15, -0.1) is 0 Å². The van der Waals surface area contributed by atoms with Crippen LogP contribution in [0.1, 0.15) is 38.8 Å². The first-order valence-electron chi connectivity index (χ1n) is 6.43. The van der Waals surface area contributed by atoms with Crippen molar-refractivity contribution in [2.75, 3.05) is 6.61 Å². The largest absolute Gasteiger partial charge is 0.501 e. The second-order valence-corrected chi connectivity index (χ2v) is 5.35. The van der Waals surface area contributed by atoms with Crippen molar-refractivity contribution in [3.63, 3.8) is 0 Å². The van der Waals surface area contributed by atoms with E-state index in [1.165, 1.54) is 0 Å². The van der Waals surface area contributed by atoms with E-state index in [1.54, 1.807) is 19.1 Å². The van der Waals surface area contributed by atoms with Crippen molar-refractivity contribution in [2.45, 2.75) is 33.1 Å². The highest BCUT2D eigenvalue weighted by atomic mass is 16.5. The molecule has 0 heterocycles. The molecule has 0 unspecified atom stereocenters. The normalized spacial score (nSPS) is 12.3. The van der Waals surface area contributed by atoms with E-state index >= 15 is 0 Å². The topological polar surface area (TPSA) is 70.3 Å². The second kappa shape index (κ2) is 6.25. The van der Waals surface area contributed by atoms with E-state index < -0.39 is 11.7 Å². The zero-order chi connectivity index (χ0) is 15.3. The number of allylic oxidation sites excluding steroid dienone is 1. The van der Waals surface area contributed by atoms with Crippen molar-refractivity contribution in [3.05, 3.63) is 41.2 Å². The van der Waals surface area contributed by atoms with Crippen LogP contribution >= 0.6 is 0 Å². The number of esters is 1. The van der Waals surface area contributed by atoms with Crippen LogP contribution in [0.2, 0.25) is 0 Å². The van der Waals surface area contributed by atoms with Crippen molar-refractivity contribution in [2.24, 2.45) is 0 Å². The molecule has 1 rings (SSSR count). The number of nitrogens with zero attached hydrogens (tertiary/aromatic N) is 1. The Morgan fingerprint density at radius 1 is 1.35 bits per heavy atom. The lowest BCUT2D eigenvalue weighted by molar-refractivity contribution is -0.141. The van der Waals surface area contributed by atoms with Crippen LogP contribution in [0, 0.1) is 11.3 Å². The van der Waals surface area contributed by atoms with Crippen molar-refractivity contribution in [1.82, 2.24) is 0 Å². The number of aliphatic hydroxyl groups excluding tert-OH is 1. The Bertz CT molecular complexity index is 574. The fraction of sp³-hybridized carbons (Fsp3) is 0.375. The number of benzene rings is 1. The SMILES string of the molecule is CCOC(=O)C(O)=C(C#N)c1ccccc1C(C)(C)C. The molecular weight excluding hydrogens is 254 g/mol. The molecule has 1 aromatic carbocycles. The maximum absolute atomic E-state index is 11.6. The van der Waals surface area contributed by atoms with Gasteiger partial charge in [-0.05, 0) is 23.5 Å². The molecule has 0 fully saturated rings. The number of rotatable bonds is 3. The Morgan fingerprint density at radius 2 is 1.95 bits per heavy atom. The summed E-state index contributed by atoms with van der Waals surface area (Å²) in [6.07, 6.45) is 0. The van der Waals surface area contributed by atoms with Crippen LogP contribution in [-0.2, 0) is 14.9 Å². The Hall–Kier alpha value is -2.28. The van der Waals surface area contributed by atoms with Gasteiger partial charge in [-0.3, -0.25) is 0 Å². The van der Waals surface area contributed by atoms with Gasteiger partial charge in [0.15, 0.2) is 0 Å². The van der Waals surface area contributed by atoms with Gasteiger partial charge < -0.3 is 9.84 Å². The van der Waals surface area contributed by atoms with Gasteiger partial charge >= 0.3 is 5.97 Å². The number of ether oxygens (including phenoxy) is 1.